The molecule has 0 amide bonds. The van der Waals surface area contributed by atoms with Crippen LogP contribution in [0.1, 0.15) is 25.7 Å². The molecule has 18 heavy (non-hydrogen) atoms. The zero-order valence-electron chi connectivity index (χ0n) is 10.0. The van der Waals surface area contributed by atoms with Gasteiger partial charge in [-0.05, 0) is 25.1 Å². The van der Waals surface area contributed by atoms with E-state index < -0.39 is 0 Å². The van der Waals surface area contributed by atoms with Gasteiger partial charge in [-0.1, -0.05) is 35.3 Å². The van der Waals surface area contributed by atoms with E-state index in [1.807, 2.05) is 13.8 Å². The number of hydrogen-bond donors (Lipinski definition) is 1. The second-order valence-corrected chi connectivity index (χ2v) is 5.05. The third kappa shape index (κ3) is 2.66. The monoisotopic (exact) mass is 285 g/mol. The average Bonchev–Trinajstić information content (AvgIpc) is 2.81. The first-order valence-corrected chi connectivity index (χ1v) is 6.29. The van der Waals surface area contributed by atoms with E-state index in [1.54, 1.807) is 18.2 Å². The van der Waals surface area contributed by atoms with Gasteiger partial charge in [0.15, 0.2) is 0 Å². The Kier molecular flexibility index (Phi) is 3.90. The number of halogens is 2. The smallest absolute Gasteiger partial charge is 0.231 e. The maximum atomic E-state index is 5.95. The van der Waals surface area contributed by atoms with Gasteiger partial charge in [0.2, 0.25) is 11.7 Å². The molecule has 0 aliphatic rings. The summed E-state index contributed by atoms with van der Waals surface area (Å²) in [6.07, 6.45) is 0. The topological polar surface area (TPSA) is 64.9 Å². The van der Waals surface area contributed by atoms with Crippen molar-refractivity contribution in [2.24, 2.45) is 5.73 Å². The molecule has 6 heteroatoms. The molecule has 96 valence electrons. The molecule has 0 radical (unpaired) electrons. The molecule has 0 aliphatic heterocycles. The first-order chi connectivity index (χ1) is 8.49. The number of benzene rings is 1. The molecule has 2 aromatic rings. The molecule has 0 aliphatic carbocycles. The molecule has 0 bridgehead atoms. The second kappa shape index (κ2) is 5.26. The number of nitrogens with two attached hydrogens (primary N) is 1. The fourth-order valence-electron chi connectivity index (χ4n) is 1.40. The fraction of sp³-hybridized carbons (Fsp3) is 0.333. The van der Waals surface area contributed by atoms with Crippen LogP contribution in [0.25, 0.3) is 11.4 Å². The van der Waals surface area contributed by atoms with Crippen LogP contribution < -0.4 is 5.73 Å². The van der Waals surface area contributed by atoms with Gasteiger partial charge in [-0.3, -0.25) is 0 Å². The minimum atomic E-state index is -0.0490. The number of hydrogen-bond acceptors (Lipinski definition) is 4. The Morgan fingerprint density at radius 3 is 2.56 bits per heavy atom. The van der Waals surface area contributed by atoms with E-state index in [4.69, 9.17) is 33.5 Å². The Bertz CT molecular complexity index is 554. The van der Waals surface area contributed by atoms with E-state index in [0.29, 0.717) is 21.8 Å². The van der Waals surface area contributed by atoms with Gasteiger partial charge < -0.3 is 10.3 Å². The van der Waals surface area contributed by atoms with E-state index in [0.717, 1.165) is 5.56 Å². The molecular weight excluding hydrogens is 273 g/mol. The maximum absolute atomic E-state index is 5.95. The van der Waals surface area contributed by atoms with Crippen molar-refractivity contribution < 1.29 is 4.52 Å². The van der Waals surface area contributed by atoms with Gasteiger partial charge in [-0.25, -0.2) is 0 Å². The van der Waals surface area contributed by atoms with Crippen LogP contribution in [0.2, 0.25) is 10.0 Å². The van der Waals surface area contributed by atoms with Crippen molar-refractivity contribution in [3.8, 4) is 11.4 Å². The lowest BCUT2D eigenvalue weighted by atomic mass is 10.1. The van der Waals surface area contributed by atoms with E-state index >= 15 is 0 Å². The molecule has 2 atom stereocenters. The van der Waals surface area contributed by atoms with Gasteiger partial charge in [0, 0.05) is 11.6 Å². The molecule has 0 saturated heterocycles. The Labute approximate surface area is 115 Å². The molecule has 2 unspecified atom stereocenters. The lowest BCUT2D eigenvalue weighted by Gasteiger charge is -2.09. The van der Waals surface area contributed by atoms with Crippen molar-refractivity contribution in [2.45, 2.75) is 25.8 Å². The van der Waals surface area contributed by atoms with E-state index in [-0.39, 0.29) is 12.0 Å². The third-order valence-electron chi connectivity index (χ3n) is 2.80. The maximum Gasteiger partial charge on any atom is 0.231 e. The minimum Gasteiger partial charge on any atom is -0.339 e. The van der Waals surface area contributed by atoms with Crippen LogP contribution in [0.15, 0.2) is 22.7 Å². The van der Waals surface area contributed by atoms with Crippen molar-refractivity contribution in [2.75, 3.05) is 0 Å². The van der Waals surface area contributed by atoms with E-state index in [9.17, 15) is 0 Å². The first kappa shape index (κ1) is 13.3. The van der Waals surface area contributed by atoms with Crippen molar-refractivity contribution in [3.63, 3.8) is 0 Å². The van der Waals surface area contributed by atoms with Crippen LogP contribution in [0.5, 0.6) is 0 Å². The zero-order valence-corrected chi connectivity index (χ0v) is 11.5. The Morgan fingerprint density at radius 2 is 1.94 bits per heavy atom. The number of aromatic nitrogens is 2. The number of rotatable bonds is 3. The summed E-state index contributed by atoms with van der Waals surface area (Å²) >= 11 is 11.8. The van der Waals surface area contributed by atoms with Crippen molar-refractivity contribution in [3.05, 3.63) is 34.1 Å². The molecule has 0 fully saturated rings. The SMILES string of the molecule is CC(N)C(C)c1nc(-c2ccc(Cl)c(Cl)c2)no1. The minimum absolute atomic E-state index is 0.00835. The van der Waals surface area contributed by atoms with E-state index in [2.05, 4.69) is 10.1 Å². The van der Waals surface area contributed by atoms with Gasteiger partial charge in [-0.2, -0.15) is 4.98 Å². The largest absolute Gasteiger partial charge is 0.339 e. The van der Waals surface area contributed by atoms with Crippen LogP contribution in [0.3, 0.4) is 0 Å². The molecule has 2 rings (SSSR count). The molecule has 0 spiro atoms. The Morgan fingerprint density at radius 1 is 1.22 bits per heavy atom. The summed E-state index contributed by atoms with van der Waals surface area (Å²) in [6.45, 7) is 3.84. The molecule has 2 N–H and O–H groups in total. The molecule has 4 nitrogen and oxygen atoms in total. The molecule has 0 saturated carbocycles. The van der Waals surface area contributed by atoms with Crippen LogP contribution in [0, 0.1) is 0 Å². The highest BCUT2D eigenvalue weighted by molar-refractivity contribution is 6.42. The lowest BCUT2D eigenvalue weighted by molar-refractivity contribution is 0.347. The van der Waals surface area contributed by atoms with Gasteiger partial charge in [0.05, 0.1) is 16.0 Å². The van der Waals surface area contributed by atoms with Crippen LogP contribution in [0.4, 0.5) is 0 Å². The highest BCUT2D eigenvalue weighted by Gasteiger charge is 2.18. The second-order valence-electron chi connectivity index (χ2n) is 4.23. The fourth-order valence-corrected chi connectivity index (χ4v) is 1.70. The van der Waals surface area contributed by atoms with Gasteiger partial charge in [0.25, 0.3) is 0 Å². The normalized spacial score (nSPS) is 14.5. The Balaban J connectivity index is 2.32. The first-order valence-electron chi connectivity index (χ1n) is 5.53. The summed E-state index contributed by atoms with van der Waals surface area (Å²) in [4.78, 5) is 4.31. The molecule has 1 aromatic carbocycles. The van der Waals surface area contributed by atoms with Crippen LogP contribution >= 0.6 is 23.2 Å². The summed E-state index contributed by atoms with van der Waals surface area (Å²) in [5.74, 6) is 1.01. The van der Waals surface area contributed by atoms with Crippen molar-refractivity contribution in [1.82, 2.24) is 10.1 Å². The Hall–Kier alpha value is -1.10. The van der Waals surface area contributed by atoms with E-state index in [1.165, 1.54) is 0 Å². The van der Waals surface area contributed by atoms with Crippen molar-refractivity contribution in [1.29, 1.82) is 0 Å². The van der Waals surface area contributed by atoms with Crippen molar-refractivity contribution >= 4 is 23.2 Å². The van der Waals surface area contributed by atoms with Gasteiger partial charge in [-0.15, -0.1) is 0 Å². The molecule has 1 aromatic heterocycles. The van der Waals surface area contributed by atoms with Gasteiger partial charge >= 0.3 is 0 Å². The summed E-state index contributed by atoms with van der Waals surface area (Å²) in [7, 11) is 0. The summed E-state index contributed by atoms with van der Waals surface area (Å²) in [5, 5.41) is 4.87. The number of nitrogens with zero attached hydrogens (tertiary/aromatic N) is 2. The summed E-state index contributed by atoms with van der Waals surface area (Å²) in [5.41, 5.74) is 6.55. The van der Waals surface area contributed by atoms with Crippen LogP contribution in [-0.4, -0.2) is 16.2 Å². The standard InChI is InChI=1S/C12H13Cl2N3O/c1-6(7(2)15)12-16-11(17-18-12)8-3-4-9(13)10(14)5-8/h3-7H,15H2,1-2H3. The lowest BCUT2D eigenvalue weighted by Crippen LogP contribution is -2.22. The highest BCUT2D eigenvalue weighted by atomic mass is 35.5. The predicted octanol–water partition coefficient (Wildman–Crippen LogP) is 3.49. The zero-order chi connectivity index (χ0) is 13.3. The van der Waals surface area contributed by atoms with Crippen LogP contribution in [-0.2, 0) is 0 Å². The molecular formula is C12H13Cl2N3O. The summed E-state index contributed by atoms with van der Waals surface area (Å²) in [6, 6.07) is 5.14. The highest BCUT2D eigenvalue weighted by Crippen LogP contribution is 2.28. The van der Waals surface area contributed by atoms with Gasteiger partial charge in [0.1, 0.15) is 0 Å². The third-order valence-corrected chi connectivity index (χ3v) is 3.54. The average molecular weight is 286 g/mol. The molecule has 1 heterocycles. The predicted molar refractivity (Wildman–Crippen MR) is 71.8 cm³/mol. The quantitative estimate of drug-likeness (QED) is 0.937. The summed E-state index contributed by atoms with van der Waals surface area (Å²) < 4.78 is 5.20.